The van der Waals surface area contributed by atoms with E-state index in [1.54, 1.807) is 0 Å². The van der Waals surface area contributed by atoms with Crippen LogP contribution in [-0.4, -0.2) is 42.4 Å². The van der Waals surface area contributed by atoms with Gasteiger partial charge in [0, 0.05) is 13.1 Å². The van der Waals surface area contributed by atoms with E-state index in [1.165, 1.54) is 26.1 Å². The Morgan fingerprint density at radius 2 is 2.08 bits per heavy atom. The number of rotatable bonds is 0. The highest BCUT2D eigenvalue weighted by atomic mass is 32.1. The van der Waals surface area contributed by atoms with Crippen molar-refractivity contribution in [2.45, 2.75) is 6.42 Å². The van der Waals surface area contributed by atoms with Crippen LogP contribution in [0.3, 0.4) is 0 Å². The van der Waals surface area contributed by atoms with E-state index in [4.69, 9.17) is 5.73 Å². The molecule has 0 saturated carbocycles. The Morgan fingerprint density at radius 1 is 1.50 bits per heavy atom. The van der Waals surface area contributed by atoms with Gasteiger partial charge >= 0.3 is 0 Å². The van der Waals surface area contributed by atoms with Crippen molar-refractivity contribution in [3.8, 4) is 0 Å². The highest BCUT2D eigenvalue weighted by molar-refractivity contribution is 8.10. The Balaban J connectivity index is 0.000000261. The van der Waals surface area contributed by atoms with Gasteiger partial charge in [0.15, 0.2) is 0 Å². The molecule has 1 aliphatic rings. The van der Waals surface area contributed by atoms with Crippen molar-refractivity contribution >= 4 is 29.2 Å². The molecule has 12 heavy (non-hydrogen) atoms. The van der Waals surface area contributed by atoms with E-state index in [0.29, 0.717) is 0 Å². The molecule has 1 heterocycles. The molecule has 0 aliphatic carbocycles. The summed E-state index contributed by atoms with van der Waals surface area (Å²) in [6.45, 7) is 4.83. The lowest BCUT2D eigenvalue weighted by Crippen LogP contribution is -2.23. The summed E-state index contributed by atoms with van der Waals surface area (Å²) in [5.41, 5.74) is 4.71. The van der Waals surface area contributed by atoms with Crippen LogP contribution in [0, 0.1) is 0 Å². The number of thiocarbonyl (C=S) groups is 1. The molecule has 3 nitrogen and oxygen atoms in total. The predicted octanol–water partition coefficient (Wildman–Crippen LogP) is 0.0713. The van der Waals surface area contributed by atoms with Gasteiger partial charge in [-0.25, -0.2) is 0 Å². The topological polar surface area (TPSA) is 41.3 Å². The lowest BCUT2D eigenvalue weighted by Gasteiger charge is -2.09. The van der Waals surface area contributed by atoms with Gasteiger partial charge in [0.25, 0.3) is 0 Å². The Bertz CT molecular complexity index is 118. The van der Waals surface area contributed by atoms with Crippen molar-refractivity contribution in [3.63, 3.8) is 0 Å². The minimum Gasteiger partial charge on any atom is -0.385 e. The third-order valence-electron chi connectivity index (χ3n) is 1.56. The van der Waals surface area contributed by atoms with Crippen LogP contribution in [0.5, 0.6) is 0 Å². The molecule has 72 valence electrons. The largest absolute Gasteiger partial charge is 0.385 e. The van der Waals surface area contributed by atoms with Crippen molar-refractivity contribution in [1.82, 2.24) is 10.2 Å². The lowest BCUT2D eigenvalue weighted by atomic mass is 10.4. The Morgan fingerprint density at radius 3 is 2.67 bits per heavy atom. The highest BCUT2D eigenvalue weighted by Crippen LogP contribution is 1.88. The average molecular weight is 207 g/mol. The summed E-state index contributed by atoms with van der Waals surface area (Å²) < 4.78 is 0.194. The first-order chi connectivity index (χ1) is 5.63. The van der Waals surface area contributed by atoms with E-state index in [-0.39, 0.29) is 4.32 Å². The zero-order valence-corrected chi connectivity index (χ0v) is 9.13. The van der Waals surface area contributed by atoms with E-state index in [2.05, 4.69) is 42.1 Å². The predicted molar refractivity (Wildman–Crippen MR) is 60.8 cm³/mol. The molecule has 0 radical (unpaired) electrons. The number of hydrogen-bond donors (Lipinski definition) is 3. The maximum atomic E-state index is 4.71. The van der Waals surface area contributed by atoms with E-state index in [1.807, 2.05) is 0 Å². The second kappa shape index (κ2) is 7.79. The molecule has 0 aromatic heterocycles. The fraction of sp³-hybridized carbons (Fsp3) is 0.857. The summed E-state index contributed by atoms with van der Waals surface area (Å²) in [5, 5.41) is 3.34. The lowest BCUT2D eigenvalue weighted by molar-refractivity contribution is 0.358. The molecule has 0 atom stereocenters. The number of nitrogens with zero attached hydrogens (tertiary/aromatic N) is 1. The molecule has 0 aromatic rings. The quantitative estimate of drug-likeness (QED) is 0.388. The normalized spacial score (nSPS) is 18.8. The van der Waals surface area contributed by atoms with Crippen LogP contribution >= 0.6 is 24.8 Å². The summed E-state index contributed by atoms with van der Waals surface area (Å²) in [5.74, 6) is 0. The number of nitrogens with two attached hydrogens (primary N) is 1. The highest BCUT2D eigenvalue weighted by Gasteiger charge is 2.00. The van der Waals surface area contributed by atoms with Crippen molar-refractivity contribution in [1.29, 1.82) is 0 Å². The summed E-state index contributed by atoms with van der Waals surface area (Å²) in [6.07, 6.45) is 1.30. The van der Waals surface area contributed by atoms with Crippen LogP contribution in [0.2, 0.25) is 0 Å². The molecule has 0 bridgehead atoms. The second-order valence-corrected chi connectivity index (χ2v) is 3.97. The molecule has 3 N–H and O–H groups in total. The summed E-state index contributed by atoms with van der Waals surface area (Å²) >= 11 is 7.65. The second-order valence-electron chi connectivity index (χ2n) is 2.75. The van der Waals surface area contributed by atoms with Crippen LogP contribution in [0.15, 0.2) is 0 Å². The molecular formula is C7H17N3S2. The summed E-state index contributed by atoms with van der Waals surface area (Å²) in [7, 11) is 2.17. The Hall–Kier alpha value is 0.160. The molecule has 1 rings (SSSR count). The van der Waals surface area contributed by atoms with E-state index in [9.17, 15) is 0 Å². The van der Waals surface area contributed by atoms with E-state index >= 15 is 0 Å². The number of hydrogen-bond acceptors (Lipinski definition) is 3. The third kappa shape index (κ3) is 10.2. The fourth-order valence-corrected chi connectivity index (χ4v) is 0.981. The monoisotopic (exact) mass is 207 g/mol. The molecule has 1 aliphatic heterocycles. The number of thiol groups is 1. The number of nitrogens with one attached hydrogen (secondary N) is 1. The van der Waals surface area contributed by atoms with Gasteiger partial charge in [-0.2, -0.15) is 0 Å². The maximum Gasteiger partial charge on any atom is 0.128 e. The zero-order chi connectivity index (χ0) is 9.40. The Kier molecular flexibility index (Phi) is 7.89. The Labute approximate surface area is 85.1 Å². The molecule has 0 aromatic carbocycles. The maximum absolute atomic E-state index is 4.71. The van der Waals surface area contributed by atoms with Gasteiger partial charge in [0.1, 0.15) is 4.32 Å². The standard InChI is InChI=1S/C6H14N2.CH3NS2/c1-8-5-2-3-7-4-6-8;2-1(3)4/h7H,2-6H2,1H3;(H3,2,3,4). The first-order valence-electron chi connectivity index (χ1n) is 4.00. The van der Waals surface area contributed by atoms with Gasteiger partial charge in [-0.15, -0.1) is 12.6 Å². The smallest absolute Gasteiger partial charge is 0.128 e. The van der Waals surface area contributed by atoms with Crippen LogP contribution in [0.25, 0.3) is 0 Å². The van der Waals surface area contributed by atoms with E-state index < -0.39 is 0 Å². The van der Waals surface area contributed by atoms with E-state index in [0.717, 1.165) is 6.54 Å². The van der Waals surface area contributed by atoms with Crippen molar-refractivity contribution in [2.75, 3.05) is 33.2 Å². The van der Waals surface area contributed by atoms with Crippen LogP contribution in [0.4, 0.5) is 0 Å². The fourth-order valence-electron chi connectivity index (χ4n) is 0.981. The van der Waals surface area contributed by atoms with Gasteiger partial charge in [-0.3, -0.25) is 0 Å². The zero-order valence-electron chi connectivity index (χ0n) is 7.42. The molecule has 1 saturated heterocycles. The summed E-state index contributed by atoms with van der Waals surface area (Å²) in [6, 6.07) is 0. The molecule has 0 amide bonds. The molecule has 0 unspecified atom stereocenters. The summed E-state index contributed by atoms with van der Waals surface area (Å²) in [4.78, 5) is 2.36. The minimum absolute atomic E-state index is 0.194. The van der Waals surface area contributed by atoms with Crippen LogP contribution in [0.1, 0.15) is 6.42 Å². The molecule has 5 heteroatoms. The van der Waals surface area contributed by atoms with Crippen LogP contribution < -0.4 is 11.1 Å². The molecular weight excluding hydrogens is 190 g/mol. The van der Waals surface area contributed by atoms with Crippen molar-refractivity contribution in [3.05, 3.63) is 0 Å². The van der Waals surface area contributed by atoms with Gasteiger partial charge in [-0.1, -0.05) is 12.2 Å². The van der Waals surface area contributed by atoms with Gasteiger partial charge in [0.05, 0.1) is 0 Å². The van der Waals surface area contributed by atoms with Gasteiger partial charge < -0.3 is 16.0 Å². The first kappa shape index (κ1) is 12.2. The number of likely N-dealkylation sites (N-methyl/N-ethyl adjacent to an activating group) is 1. The average Bonchev–Trinajstić information content (AvgIpc) is 2.14. The van der Waals surface area contributed by atoms with Gasteiger partial charge in [-0.05, 0) is 26.6 Å². The SMILES string of the molecule is CN1CCCNCC1.NC(=S)S. The van der Waals surface area contributed by atoms with Gasteiger partial charge in [0.2, 0.25) is 0 Å². The first-order valence-corrected chi connectivity index (χ1v) is 4.86. The third-order valence-corrected chi connectivity index (χ3v) is 1.56. The minimum atomic E-state index is 0.194. The van der Waals surface area contributed by atoms with Crippen molar-refractivity contribution in [2.24, 2.45) is 5.73 Å². The van der Waals surface area contributed by atoms with Crippen molar-refractivity contribution < 1.29 is 0 Å². The molecule has 0 spiro atoms. The van der Waals surface area contributed by atoms with Crippen LogP contribution in [-0.2, 0) is 0 Å². The molecule has 1 fully saturated rings.